The number of fused-ring (bicyclic) bond motifs is 4. The molecule has 0 amide bonds. The maximum absolute atomic E-state index is 5.58. The Hall–Kier alpha value is -6.20. The summed E-state index contributed by atoms with van der Waals surface area (Å²) < 4.78 is 0. The summed E-state index contributed by atoms with van der Waals surface area (Å²) in [4.78, 5) is 15.9. The number of anilines is 6. The summed E-state index contributed by atoms with van der Waals surface area (Å²) in [6.45, 7) is 2.39. The molecule has 260 valence electrons. The van der Waals surface area contributed by atoms with Crippen molar-refractivity contribution in [2.24, 2.45) is 21.8 Å². The molecule has 4 nitrogen and oxygen atoms in total. The van der Waals surface area contributed by atoms with Gasteiger partial charge in [-0.3, -0.25) is 0 Å². The van der Waals surface area contributed by atoms with Crippen molar-refractivity contribution in [3.05, 3.63) is 187 Å². The van der Waals surface area contributed by atoms with Crippen LogP contribution in [-0.2, 0) is 0 Å². The smallest absolute Gasteiger partial charge is 0.252 e. The minimum atomic E-state index is 0.0465. The van der Waals surface area contributed by atoms with E-state index < -0.39 is 0 Å². The highest BCUT2D eigenvalue weighted by Gasteiger charge is 2.44. The van der Waals surface area contributed by atoms with Crippen molar-refractivity contribution in [1.82, 2.24) is 0 Å². The van der Waals surface area contributed by atoms with E-state index in [1.807, 2.05) is 0 Å². The third kappa shape index (κ3) is 5.54. The van der Waals surface area contributed by atoms with E-state index in [-0.39, 0.29) is 6.71 Å². The van der Waals surface area contributed by atoms with E-state index in [4.69, 9.17) is 9.98 Å². The number of hydrogen-bond donors (Lipinski definition) is 0. The lowest BCUT2D eigenvalue weighted by molar-refractivity contribution is 0.459. The summed E-state index contributed by atoms with van der Waals surface area (Å²) in [6, 6.07) is 54.8. The van der Waals surface area contributed by atoms with Crippen LogP contribution in [0.25, 0.3) is 0 Å². The number of benzene rings is 6. The number of aliphatic imine (C=N–C) groups is 2. The number of hydrogen-bond acceptors (Lipinski definition) is 4. The average Bonchev–Trinajstić information content (AvgIpc) is 3.22. The monoisotopic (exact) mass is 696 g/mol. The highest BCUT2D eigenvalue weighted by Crippen LogP contribution is 2.45. The second-order valence-corrected chi connectivity index (χ2v) is 14.9. The first-order valence-electron chi connectivity index (χ1n) is 19.4. The molecule has 0 radical (unpaired) electrons. The third-order valence-electron chi connectivity index (χ3n) is 11.4. The fraction of sp³-hybridized carbons (Fsp3) is 0.143. The lowest BCUT2D eigenvalue weighted by Crippen LogP contribution is -2.61. The van der Waals surface area contributed by atoms with Gasteiger partial charge in [-0.2, -0.15) is 0 Å². The van der Waals surface area contributed by atoms with Crippen LogP contribution in [0, 0.1) is 11.8 Å². The Balaban J connectivity index is 1.20. The van der Waals surface area contributed by atoms with Gasteiger partial charge in [-0.15, -0.1) is 0 Å². The Labute approximate surface area is 318 Å². The quantitative estimate of drug-likeness (QED) is 0.133. The van der Waals surface area contributed by atoms with Crippen LogP contribution in [0.4, 0.5) is 34.1 Å². The minimum absolute atomic E-state index is 0.0465. The molecule has 0 bridgehead atoms. The summed E-state index contributed by atoms with van der Waals surface area (Å²) in [7, 11) is 0. The van der Waals surface area contributed by atoms with Gasteiger partial charge < -0.3 is 9.80 Å². The fourth-order valence-corrected chi connectivity index (χ4v) is 9.05. The molecule has 5 heteroatoms. The summed E-state index contributed by atoms with van der Waals surface area (Å²) in [5.74, 6) is 1.75. The van der Waals surface area contributed by atoms with Gasteiger partial charge in [0.2, 0.25) is 0 Å². The fourth-order valence-electron chi connectivity index (χ4n) is 9.05. The zero-order valence-electron chi connectivity index (χ0n) is 30.5. The van der Waals surface area contributed by atoms with Gasteiger partial charge in [-0.05, 0) is 90.5 Å². The number of para-hydroxylation sites is 4. The van der Waals surface area contributed by atoms with E-state index in [0.29, 0.717) is 11.8 Å². The van der Waals surface area contributed by atoms with E-state index >= 15 is 0 Å². The predicted molar refractivity (Wildman–Crippen MR) is 228 cm³/mol. The van der Waals surface area contributed by atoms with Crippen molar-refractivity contribution >= 4 is 68.8 Å². The number of rotatable bonds is 5. The molecule has 0 N–H and O–H groups in total. The molecule has 0 fully saturated rings. The molecule has 54 heavy (non-hydrogen) atoms. The van der Waals surface area contributed by atoms with E-state index in [1.165, 1.54) is 39.1 Å². The molecule has 3 aliphatic heterocycles. The third-order valence-corrected chi connectivity index (χ3v) is 11.4. The predicted octanol–water partition coefficient (Wildman–Crippen LogP) is 10.3. The molecule has 1 aliphatic carbocycles. The zero-order chi connectivity index (χ0) is 36.0. The molecular formula is C49H41BN4. The minimum Gasteiger partial charge on any atom is -0.311 e. The second-order valence-electron chi connectivity index (χ2n) is 14.9. The molecular weight excluding hydrogens is 655 g/mol. The Morgan fingerprint density at radius 2 is 1.24 bits per heavy atom. The highest BCUT2D eigenvalue weighted by molar-refractivity contribution is 7.00. The molecule has 0 saturated carbocycles. The maximum atomic E-state index is 5.58. The van der Waals surface area contributed by atoms with Gasteiger partial charge in [0.25, 0.3) is 6.71 Å². The lowest BCUT2D eigenvalue weighted by atomic mass is 9.33. The van der Waals surface area contributed by atoms with Gasteiger partial charge in [0, 0.05) is 51.2 Å². The molecule has 2 atom stereocenters. The van der Waals surface area contributed by atoms with Gasteiger partial charge in [0.15, 0.2) is 5.84 Å². The number of amidine groups is 1. The first kappa shape index (κ1) is 32.5. The molecule has 3 heterocycles. The van der Waals surface area contributed by atoms with Crippen molar-refractivity contribution in [3.8, 4) is 0 Å². The Morgan fingerprint density at radius 3 is 2.00 bits per heavy atom. The number of allylic oxidation sites excluding steroid dienone is 3. The molecule has 0 aromatic heterocycles. The standard InChI is InChI=1S/C49H41BN4/c1-34-17-13-20-36(33-34)42-28-15-29-43(52-49(51-42)35-18-5-2-6-19-35)39-25-14-27-41-48(39)54(38-23-9-4-10-24-38)46-32-16-31-45-47(46)50(41)40-26-11-12-30-44(40)53(45)37-21-7-3-8-22-37/h2-14,16,18-28,30-32,34,36H,15,17,29,33H2,1H3/b42-28-,51-49-,52-43-. The van der Waals surface area contributed by atoms with Crippen molar-refractivity contribution < 1.29 is 0 Å². The SMILES string of the molecule is CC1CC=CC(C2=C/CC/C(c3cccc4c3N(c3ccccc3)c3cccc5c3B4c3ccccc3N5c3ccccc3)=N/C(c3ccccc3)=N\2)C1. The van der Waals surface area contributed by atoms with Crippen LogP contribution in [-0.4, -0.2) is 18.3 Å². The normalized spacial score (nSPS) is 21.6. The number of nitrogens with zero attached hydrogens (tertiary/aromatic N) is 4. The molecule has 0 saturated heterocycles. The molecule has 6 aromatic rings. The van der Waals surface area contributed by atoms with Crippen molar-refractivity contribution in [3.63, 3.8) is 0 Å². The molecule has 0 spiro atoms. The van der Waals surface area contributed by atoms with Crippen LogP contribution < -0.4 is 26.2 Å². The summed E-state index contributed by atoms with van der Waals surface area (Å²) >= 11 is 0. The van der Waals surface area contributed by atoms with Crippen LogP contribution in [0.1, 0.15) is 43.7 Å². The Morgan fingerprint density at radius 1 is 0.611 bits per heavy atom. The van der Waals surface area contributed by atoms with E-state index in [0.717, 1.165) is 65.4 Å². The Kier molecular flexibility index (Phi) is 8.21. The van der Waals surface area contributed by atoms with Crippen molar-refractivity contribution in [1.29, 1.82) is 0 Å². The first-order valence-corrected chi connectivity index (χ1v) is 19.4. The summed E-state index contributed by atoms with van der Waals surface area (Å²) in [5, 5.41) is 0. The average molecular weight is 697 g/mol. The van der Waals surface area contributed by atoms with Gasteiger partial charge in [0.05, 0.1) is 11.4 Å². The van der Waals surface area contributed by atoms with Gasteiger partial charge in [-0.1, -0.05) is 134 Å². The van der Waals surface area contributed by atoms with Crippen LogP contribution in [0.2, 0.25) is 0 Å². The molecule has 6 aromatic carbocycles. The maximum Gasteiger partial charge on any atom is 0.252 e. The molecule has 10 rings (SSSR count). The van der Waals surface area contributed by atoms with Crippen LogP contribution in [0.5, 0.6) is 0 Å². The molecule has 2 unspecified atom stereocenters. The Bertz CT molecular complexity index is 2480. The van der Waals surface area contributed by atoms with Crippen LogP contribution in [0.15, 0.2) is 186 Å². The highest BCUT2D eigenvalue weighted by atomic mass is 15.2. The summed E-state index contributed by atoms with van der Waals surface area (Å²) in [5.41, 5.74) is 15.4. The zero-order valence-corrected chi connectivity index (χ0v) is 30.5. The van der Waals surface area contributed by atoms with E-state index in [2.05, 4.69) is 187 Å². The van der Waals surface area contributed by atoms with Crippen molar-refractivity contribution in [2.45, 2.75) is 32.6 Å². The van der Waals surface area contributed by atoms with Gasteiger partial charge in [-0.25, -0.2) is 9.98 Å². The van der Waals surface area contributed by atoms with Crippen LogP contribution >= 0.6 is 0 Å². The summed E-state index contributed by atoms with van der Waals surface area (Å²) in [6.07, 6.45) is 11.0. The van der Waals surface area contributed by atoms with E-state index in [9.17, 15) is 0 Å². The largest absolute Gasteiger partial charge is 0.311 e. The van der Waals surface area contributed by atoms with Gasteiger partial charge in [0.1, 0.15) is 0 Å². The topological polar surface area (TPSA) is 31.2 Å². The lowest BCUT2D eigenvalue weighted by Gasteiger charge is -2.44. The van der Waals surface area contributed by atoms with Gasteiger partial charge >= 0.3 is 0 Å². The first-order chi connectivity index (χ1) is 26.7. The van der Waals surface area contributed by atoms with E-state index in [1.54, 1.807) is 0 Å². The van der Waals surface area contributed by atoms with Crippen molar-refractivity contribution in [2.75, 3.05) is 9.80 Å². The molecule has 4 aliphatic rings. The second kappa shape index (κ2) is 13.7. The van der Waals surface area contributed by atoms with Crippen LogP contribution in [0.3, 0.4) is 0 Å².